The molecule has 110 valence electrons. The number of rotatable bonds is 2. The quantitative estimate of drug-likeness (QED) is 0.862. The lowest BCUT2D eigenvalue weighted by molar-refractivity contribution is 0.164. The SMILES string of the molecule is CN1CCN(C(=O)Nc2cnn(C3CCOC3)c2)CC1. The maximum Gasteiger partial charge on any atom is 0.322 e. The molecule has 3 heterocycles. The minimum absolute atomic E-state index is 0.0414. The fourth-order valence-corrected chi connectivity index (χ4v) is 2.55. The van der Waals surface area contributed by atoms with Crippen molar-refractivity contribution in [2.45, 2.75) is 12.5 Å². The molecule has 0 aliphatic carbocycles. The molecule has 1 aromatic rings. The molecular weight excluding hydrogens is 258 g/mol. The molecule has 0 spiro atoms. The van der Waals surface area contributed by atoms with Gasteiger partial charge in [0.1, 0.15) is 0 Å². The number of anilines is 1. The number of carbonyl (C=O) groups excluding carboxylic acids is 1. The summed E-state index contributed by atoms with van der Waals surface area (Å²) in [6.45, 7) is 4.87. The van der Waals surface area contributed by atoms with Gasteiger partial charge in [-0.15, -0.1) is 0 Å². The molecule has 0 bridgehead atoms. The molecule has 1 N–H and O–H groups in total. The fraction of sp³-hybridized carbons (Fsp3) is 0.692. The highest BCUT2D eigenvalue weighted by Crippen LogP contribution is 2.19. The summed E-state index contributed by atoms with van der Waals surface area (Å²) in [5.41, 5.74) is 0.751. The molecular formula is C13H21N5O2. The lowest BCUT2D eigenvalue weighted by atomic mass is 10.3. The van der Waals surface area contributed by atoms with Crippen LogP contribution in [0, 0.1) is 0 Å². The second-order valence-corrected chi connectivity index (χ2v) is 5.45. The van der Waals surface area contributed by atoms with Crippen LogP contribution in [0.2, 0.25) is 0 Å². The minimum atomic E-state index is -0.0414. The Morgan fingerprint density at radius 1 is 1.40 bits per heavy atom. The van der Waals surface area contributed by atoms with Crippen LogP contribution in [0.15, 0.2) is 12.4 Å². The highest BCUT2D eigenvalue weighted by Gasteiger charge is 2.21. The van der Waals surface area contributed by atoms with Gasteiger partial charge in [-0.2, -0.15) is 5.10 Å². The topological polar surface area (TPSA) is 62.6 Å². The molecule has 0 saturated carbocycles. The van der Waals surface area contributed by atoms with E-state index < -0.39 is 0 Å². The molecule has 2 amide bonds. The average molecular weight is 279 g/mol. The van der Waals surface area contributed by atoms with Crippen LogP contribution < -0.4 is 5.32 Å². The van der Waals surface area contributed by atoms with Crippen LogP contribution in [0.4, 0.5) is 10.5 Å². The summed E-state index contributed by atoms with van der Waals surface area (Å²) in [6.07, 6.45) is 4.56. The average Bonchev–Trinajstić information content (AvgIpc) is 3.09. The summed E-state index contributed by atoms with van der Waals surface area (Å²) in [5, 5.41) is 7.22. The first kappa shape index (κ1) is 13.4. The summed E-state index contributed by atoms with van der Waals surface area (Å²) >= 11 is 0. The molecule has 7 nitrogen and oxygen atoms in total. The largest absolute Gasteiger partial charge is 0.379 e. The number of aromatic nitrogens is 2. The number of hydrogen-bond donors (Lipinski definition) is 1. The number of nitrogens with zero attached hydrogens (tertiary/aromatic N) is 4. The normalized spacial score (nSPS) is 24.1. The van der Waals surface area contributed by atoms with Crippen LogP contribution in [0.5, 0.6) is 0 Å². The Bertz CT molecular complexity index is 461. The van der Waals surface area contributed by atoms with E-state index in [1.54, 1.807) is 6.20 Å². The Hall–Kier alpha value is -1.60. The van der Waals surface area contributed by atoms with Crippen molar-refractivity contribution in [2.75, 3.05) is 51.8 Å². The van der Waals surface area contributed by atoms with Crippen LogP contribution in [0.3, 0.4) is 0 Å². The molecule has 2 saturated heterocycles. The van der Waals surface area contributed by atoms with Gasteiger partial charge in [0.05, 0.1) is 24.5 Å². The number of urea groups is 1. The molecule has 2 aliphatic rings. The highest BCUT2D eigenvalue weighted by molar-refractivity contribution is 5.89. The van der Waals surface area contributed by atoms with Gasteiger partial charge in [0, 0.05) is 39.0 Å². The highest BCUT2D eigenvalue weighted by atomic mass is 16.5. The van der Waals surface area contributed by atoms with Crippen LogP contribution in [0.1, 0.15) is 12.5 Å². The van der Waals surface area contributed by atoms with E-state index in [4.69, 9.17) is 4.74 Å². The minimum Gasteiger partial charge on any atom is -0.379 e. The van der Waals surface area contributed by atoms with E-state index in [1.165, 1.54) is 0 Å². The van der Waals surface area contributed by atoms with Gasteiger partial charge in [-0.1, -0.05) is 0 Å². The first-order valence-electron chi connectivity index (χ1n) is 7.09. The van der Waals surface area contributed by atoms with Gasteiger partial charge in [0.25, 0.3) is 0 Å². The zero-order valence-electron chi connectivity index (χ0n) is 11.8. The monoisotopic (exact) mass is 279 g/mol. The van der Waals surface area contributed by atoms with Crippen LogP contribution in [-0.2, 0) is 4.74 Å². The van der Waals surface area contributed by atoms with E-state index in [9.17, 15) is 4.79 Å². The molecule has 1 aromatic heterocycles. The van der Waals surface area contributed by atoms with Gasteiger partial charge >= 0.3 is 6.03 Å². The lowest BCUT2D eigenvalue weighted by Gasteiger charge is -2.32. The molecule has 2 aliphatic heterocycles. The van der Waals surface area contributed by atoms with Crippen LogP contribution in [-0.4, -0.2) is 72.1 Å². The van der Waals surface area contributed by atoms with E-state index in [0.29, 0.717) is 12.6 Å². The van der Waals surface area contributed by atoms with Crippen LogP contribution >= 0.6 is 0 Å². The summed E-state index contributed by atoms with van der Waals surface area (Å²) < 4.78 is 7.23. The lowest BCUT2D eigenvalue weighted by Crippen LogP contribution is -2.48. The molecule has 1 atom stereocenters. The van der Waals surface area contributed by atoms with Gasteiger partial charge in [0.2, 0.25) is 0 Å². The Morgan fingerprint density at radius 2 is 2.20 bits per heavy atom. The molecule has 3 rings (SSSR count). The second-order valence-electron chi connectivity index (χ2n) is 5.45. The Morgan fingerprint density at radius 3 is 2.90 bits per heavy atom. The zero-order chi connectivity index (χ0) is 13.9. The number of piperazine rings is 1. The van der Waals surface area contributed by atoms with E-state index in [0.717, 1.165) is 44.9 Å². The number of likely N-dealkylation sites (N-methyl/N-ethyl adjacent to an activating group) is 1. The fourth-order valence-electron chi connectivity index (χ4n) is 2.55. The standard InChI is InChI=1S/C13H21N5O2/c1-16-3-5-17(6-4-16)13(19)15-11-8-14-18(9-11)12-2-7-20-10-12/h8-9,12H,2-7,10H2,1H3,(H,15,19). The van der Waals surface area contributed by atoms with Crippen LogP contribution in [0.25, 0.3) is 0 Å². The number of ether oxygens (including phenoxy) is 1. The van der Waals surface area contributed by atoms with Crippen molar-refractivity contribution in [3.05, 3.63) is 12.4 Å². The maximum absolute atomic E-state index is 12.1. The summed E-state index contributed by atoms with van der Waals surface area (Å²) in [5.74, 6) is 0. The van der Waals surface area contributed by atoms with Gasteiger partial charge in [-0.25, -0.2) is 4.79 Å². The second kappa shape index (κ2) is 5.80. The third kappa shape index (κ3) is 2.94. The maximum atomic E-state index is 12.1. The van der Waals surface area contributed by atoms with E-state index in [1.807, 2.05) is 15.8 Å². The molecule has 7 heteroatoms. The summed E-state index contributed by atoms with van der Waals surface area (Å²) in [7, 11) is 2.07. The van der Waals surface area contributed by atoms with E-state index in [2.05, 4.69) is 22.4 Å². The van der Waals surface area contributed by atoms with Crippen molar-refractivity contribution < 1.29 is 9.53 Å². The summed E-state index contributed by atoms with van der Waals surface area (Å²) in [6, 6.07) is 0.254. The van der Waals surface area contributed by atoms with Crippen molar-refractivity contribution in [1.82, 2.24) is 19.6 Å². The summed E-state index contributed by atoms with van der Waals surface area (Å²) in [4.78, 5) is 16.2. The van der Waals surface area contributed by atoms with Crippen molar-refractivity contribution in [3.8, 4) is 0 Å². The molecule has 0 radical (unpaired) electrons. The first-order valence-corrected chi connectivity index (χ1v) is 7.09. The number of carbonyl (C=O) groups is 1. The molecule has 20 heavy (non-hydrogen) atoms. The predicted molar refractivity (Wildman–Crippen MR) is 74.8 cm³/mol. The Balaban J connectivity index is 1.56. The van der Waals surface area contributed by atoms with Crippen molar-refractivity contribution in [3.63, 3.8) is 0 Å². The van der Waals surface area contributed by atoms with Gasteiger partial charge in [-0.3, -0.25) is 4.68 Å². The Labute approximate surface area is 118 Å². The molecule has 1 unspecified atom stereocenters. The smallest absolute Gasteiger partial charge is 0.322 e. The van der Waals surface area contributed by atoms with Crippen molar-refractivity contribution in [2.24, 2.45) is 0 Å². The van der Waals surface area contributed by atoms with Crippen molar-refractivity contribution in [1.29, 1.82) is 0 Å². The van der Waals surface area contributed by atoms with E-state index in [-0.39, 0.29) is 6.03 Å². The van der Waals surface area contributed by atoms with E-state index >= 15 is 0 Å². The number of nitrogens with one attached hydrogen (secondary N) is 1. The van der Waals surface area contributed by atoms with Crippen molar-refractivity contribution >= 4 is 11.7 Å². The predicted octanol–water partition coefficient (Wildman–Crippen LogP) is 0.624. The Kier molecular flexibility index (Phi) is 3.88. The van der Waals surface area contributed by atoms with Gasteiger partial charge in [-0.05, 0) is 13.5 Å². The third-order valence-electron chi connectivity index (χ3n) is 3.92. The number of amides is 2. The molecule has 0 aromatic carbocycles. The molecule has 2 fully saturated rings. The van der Waals surface area contributed by atoms with Gasteiger partial charge < -0.3 is 19.9 Å². The first-order chi connectivity index (χ1) is 9.72. The van der Waals surface area contributed by atoms with Gasteiger partial charge in [0.15, 0.2) is 0 Å². The third-order valence-corrected chi connectivity index (χ3v) is 3.92. The number of hydrogen-bond acceptors (Lipinski definition) is 4. The zero-order valence-corrected chi connectivity index (χ0v) is 11.8.